The van der Waals surface area contributed by atoms with Crippen LogP contribution in [0.2, 0.25) is 5.02 Å². The molecule has 21 heavy (non-hydrogen) atoms. The average Bonchev–Trinajstić information content (AvgIpc) is 2.48. The van der Waals surface area contributed by atoms with Crippen LogP contribution >= 0.6 is 11.6 Å². The van der Waals surface area contributed by atoms with Crippen molar-refractivity contribution >= 4 is 11.6 Å². The van der Waals surface area contributed by atoms with E-state index in [9.17, 15) is 4.39 Å². The molecule has 0 amide bonds. The van der Waals surface area contributed by atoms with E-state index in [4.69, 9.17) is 21.1 Å². The highest BCUT2D eigenvalue weighted by Crippen LogP contribution is 2.29. The summed E-state index contributed by atoms with van der Waals surface area (Å²) >= 11 is 6.01. The fraction of sp³-hybridized carbons (Fsp3) is 0.250. The monoisotopic (exact) mass is 309 g/mol. The van der Waals surface area contributed by atoms with Crippen LogP contribution in [0.15, 0.2) is 42.5 Å². The van der Waals surface area contributed by atoms with Gasteiger partial charge in [-0.05, 0) is 30.3 Å². The van der Waals surface area contributed by atoms with E-state index < -0.39 is 5.82 Å². The van der Waals surface area contributed by atoms with E-state index in [0.717, 1.165) is 5.56 Å². The van der Waals surface area contributed by atoms with Gasteiger partial charge in [-0.25, -0.2) is 4.39 Å². The highest BCUT2D eigenvalue weighted by molar-refractivity contribution is 6.30. The van der Waals surface area contributed by atoms with Gasteiger partial charge in [-0.1, -0.05) is 23.7 Å². The van der Waals surface area contributed by atoms with Crippen LogP contribution in [0.25, 0.3) is 0 Å². The van der Waals surface area contributed by atoms with E-state index in [1.165, 1.54) is 6.07 Å². The van der Waals surface area contributed by atoms with Crippen LogP contribution in [0.4, 0.5) is 4.39 Å². The molecule has 0 saturated heterocycles. The van der Waals surface area contributed by atoms with Gasteiger partial charge in [-0.2, -0.15) is 0 Å². The van der Waals surface area contributed by atoms with Crippen LogP contribution in [0, 0.1) is 5.82 Å². The molecule has 0 heterocycles. The van der Waals surface area contributed by atoms with Crippen LogP contribution in [-0.2, 0) is 11.3 Å². The first-order chi connectivity index (χ1) is 10.2. The van der Waals surface area contributed by atoms with E-state index in [-0.39, 0.29) is 5.75 Å². The minimum absolute atomic E-state index is 0.193. The molecule has 0 aliphatic heterocycles. The number of halogens is 2. The number of ether oxygens (including phenoxy) is 2. The largest absolute Gasteiger partial charge is 0.454 e. The fourth-order valence-electron chi connectivity index (χ4n) is 1.83. The summed E-state index contributed by atoms with van der Waals surface area (Å²) in [7, 11) is 1.65. The number of methoxy groups -OCH3 is 1. The number of rotatable bonds is 7. The molecule has 2 aromatic carbocycles. The summed E-state index contributed by atoms with van der Waals surface area (Å²) in [6.45, 7) is 1.89. The van der Waals surface area contributed by atoms with Crippen molar-refractivity contribution < 1.29 is 13.9 Å². The Bertz CT molecular complexity index is 592. The van der Waals surface area contributed by atoms with Crippen LogP contribution < -0.4 is 10.1 Å². The van der Waals surface area contributed by atoms with Crippen molar-refractivity contribution in [2.45, 2.75) is 6.54 Å². The van der Waals surface area contributed by atoms with Crippen LogP contribution in [0.3, 0.4) is 0 Å². The Morgan fingerprint density at radius 2 is 1.95 bits per heavy atom. The lowest BCUT2D eigenvalue weighted by Crippen LogP contribution is -2.18. The molecule has 3 nitrogen and oxygen atoms in total. The summed E-state index contributed by atoms with van der Waals surface area (Å²) < 4.78 is 24.3. The molecule has 0 radical (unpaired) electrons. The zero-order valence-corrected chi connectivity index (χ0v) is 12.5. The van der Waals surface area contributed by atoms with Gasteiger partial charge in [-0.3, -0.25) is 0 Å². The van der Waals surface area contributed by atoms with Crippen molar-refractivity contribution in [3.63, 3.8) is 0 Å². The molecule has 0 unspecified atom stereocenters. The van der Waals surface area contributed by atoms with Crippen molar-refractivity contribution in [2.24, 2.45) is 0 Å². The third-order valence-electron chi connectivity index (χ3n) is 2.88. The van der Waals surface area contributed by atoms with Crippen molar-refractivity contribution in [2.75, 3.05) is 20.3 Å². The SMILES string of the molecule is COCCNCc1cc(Cl)ccc1Oc1ccccc1F. The minimum atomic E-state index is -0.397. The van der Waals surface area contributed by atoms with E-state index in [2.05, 4.69) is 5.32 Å². The van der Waals surface area contributed by atoms with Crippen molar-refractivity contribution in [3.8, 4) is 11.5 Å². The quantitative estimate of drug-likeness (QED) is 0.784. The molecule has 0 bridgehead atoms. The van der Waals surface area contributed by atoms with Crippen molar-refractivity contribution in [1.82, 2.24) is 5.32 Å². The summed E-state index contributed by atoms with van der Waals surface area (Å²) in [5.74, 6) is 0.373. The number of nitrogens with one attached hydrogen (secondary N) is 1. The Balaban J connectivity index is 2.13. The maximum absolute atomic E-state index is 13.7. The standard InChI is InChI=1S/C16H17ClFNO2/c1-20-9-8-19-11-12-10-13(17)6-7-15(12)21-16-5-3-2-4-14(16)18/h2-7,10,19H,8-9,11H2,1H3. The Morgan fingerprint density at radius 3 is 2.71 bits per heavy atom. The maximum atomic E-state index is 13.7. The second kappa shape index (κ2) is 7.98. The molecule has 0 fully saturated rings. The van der Waals surface area contributed by atoms with E-state index in [1.54, 1.807) is 43.5 Å². The molecule has 0 aliphatic rings. The summed E-state index contributed by atoms with van der Waals surface area (Å²) in [4.78, 5) is 0. The predicted molar refractivity (Wildman–Crippen MR) is 81.5 cm³/mol. The zero-order valence-electron chi connectivity index (χ0n) is 11.7. The minimum Gasteiger partial charge on any atom is -0.454 e. The summed E-state index contributed by atoms with van der Waals surface area (Å²) in [6, 6.07) is 11.6. The van der Waals surface area contributed by atoms with Crippen molar-refractivity contribution in [1.29, 1.82) is 0 Å². The molecule has 2 rings (SSSR count). The van der Waals surface area contributed by atoms with E-state index in [1.807, 2.05) is 0 Å². The van der Waals surface area contributed by atoms with Gasteiger partial charge in [0.05, 0.1) is 6.61 Å². The van der Waals surface area contributed by atoms with Crippen molar-refractivity contribution in [3.05, 3.63) is 58.9 Å². The third kappa shape index (κ3) is 4.70. The number of benzene rings is 2. The van der Waals surface area contributed by atoms with Gasteiger partial charge in [0, 0.05) is 30.8 Å². The van der Waals surface area contributed by atoms with Gasteiger partial charge in [0.15, 0.2) is 11.6 Å². The molecule has 1 N–H and O–H groups in total. The molecule has 5 heteroatoms. The molecular weight excluding hydrogens is 293 g/mol. The summed E-state index contributed by atoms with van der Waals surface area (Å²) in [6.07, 6.45) is 0. The molecular formula is C16H17ClFNO2. The van der Waals surface area contributed by atoms with Crippen LogP contribution in [-0.4, -0.2) is 20.3 Å². The molecule has 0 spiro atoms. The van der Waals surface area contributed by atoms with Gasteiger partial charge >= 0.3 is 0 Å². The number of hydrogen-bond donors (Lipinski definition) is 1. The van der Waals surface area contributed by atoms with Gasteiger partial charge in [0.2, 0.25) is 0 Å². The highest BCUT2D eigenvalue weighted by Gasteiger charge is 2.08. The Labute approximate surface area is 128 Å². The summed E-state index contributed by atoms with van der Waals surface area (Å²) in [5.41, 5.74) is 0.863. The Hall–Kier alpha value is -1.62. The molecule has 0 atom stereocenters. The topological polar surface area (TPSA) is 30.5 Å². The summed E-state index contributed by atoms with van der Waals surface area (Å²) in [5, 5.41) is 3.82. The zero-order chi connectivity index (χ0) is 15.1. The lowest BCUT2D eigenvalue weighted by atomic mass is 10.2. The van der Waals surface area contributed by atoms with E-state index in [0.29, 0.717) is 30.5 Å². The smallest absolute Gasteiger partial charge is 0.165 e. The third-order valence-corrected chi connectivity index (χ3v) is 3.11. The normalized spacial score (nSPS) is 10.6. The Morgan fingerprint density at radius 1 is 1.14 bits per heavy atom. The molecule has 2 aromatic rings. The van der Waals surface area contributed by atoms with Crippen LogP contribution in [0.5, 0.6) is 11.5 Å². The average molecular weight is 310 g/mol. The maximum Gasteiger partial charge on any atom is 0.165 e. The Kier molecular flexibility index (Phi) is 5.99. The number of hydrogen-bond acceptors (Lipinski definition) is 3. The first-order valence-electron chi connectivity index (χ1n) is 6.61. The van der Waals surface area contributed by atoms with Gasteiger partial charge in [0.1, 0.15) is 5.75 Å². The van der Waals surface area contributed by atoms with Gasteiger partial charge in [-0.15, -0.1) is 0 Å². The lowest BCUT2D eigenvalue weighted by Gasteiger charge is -2.13. The molecule has 0 aliphatic carbocycles. The highest BCUT2D eigenvalue weighted by atomic mass is 35.5. The number of para-hydroxylation sites is 1. The first kappa shape index (κ1) is 15.8. The molecule has 112 valence electrons. The van der Waals surface area contributed by atoms with Crippen LogP contribution in [0.1, 0.15) is 5.56 Å². The second-order valence-electron chi connectivity index (χ2n) is 4.45. The van der Waals surface area contributed by atoms with Gasteiger partial charge in [0.25, 0.3) is 0 Å². The predicted octanol–water partition coefficient (Wildman–Crippen LogP) is 4.01. The first-order valence-corrected chi connectivity index (χ1v) is 6.99. The second-order valence-corrected chi connectivity index (χ2v) is 4.89. The van der Waals surface area contributed by atoms with E-state index >= 15 is 0 Å². The lowest BCUT2D eigenvalue weighted by molar-refractivity contribution is 0.199. The molecule has 0 saturated carbocycles. The van der Waals surface area contributed by atoms with Gasteiger partial charge < -0.3 is 14.8 Å². The fourth-order valence-corrected chi connectivity index (χ4v) is 2.02. The molecule has 0 aromatic heterocycles.